The van der Waals surface area contributed by atoms with Crippen molar-refractivity contribution in [3.63, 3.8) is 0 Å². The van der Waals surface area contributed by atoms with Crippen LogP contribution in [0, 0.1) is 11.6 Å². The van der Waals surface area contributed by atoms with Crippen LogP contribution in [0.2, 0.25) is 0 Å². The molecule has 0 fully saturated rings. The van der Waals surface area contributed by atoms with Crippen molar-refractivity contribution in [2.45, 2.75) is 17.9 Å². The molecule has 0 spiro atoms. The Balaban J connectivity index is 2.75. The zero-order valence-corrected chi connectivity index (χ0v) is 11.9. The molecule has 5 nitrogen and oxygen atoms in total. The molecule has 0 aliphatic carbocycles. The van der Waals surface area contributed by atoms with Crippen LogP contribution in [0.15, 0.2) is 17.0 Å². The van der Waals surface area contributed by atoms with Crippen molar-refractivity contribution >= 4 is 22.4 Å². The largest absolute Gasteiger partial charge is 0.399 e. The smallest absolute Gasteiger partial charge is 0.233 e. The number of nitrogens with two attached hydrogens (primary N) is 1. The summed E-state index contributed by atoms with van der Waals surface area (Å²) in [4.78, 5) is 10.9. The van der Waals surface area contributed by atoms with Gasteiger partial charge >= 0.3 is 0 Å². The van der Waals surface area contributed by atoms with Gasteiger partial charge in [-0.25, -0.2) is 8.78 Å². The van der Waals surface area contributed by atoms with Gasteiger partial charge in [0.25, 0.3) is 0 Å². The number of anilines is 1. The lowest BCUT2D eigenvalue weighted by atomic mass is 10.3. The van der Waals surface area contributed by atoms with E-state index in [0.29, 0.717) is 0 Å². The average molecular weight is 306 g/mol. The van der Waals surface area contributed by atoms with Crippen LogP contribution in [-0.4, -0.2) is 35.6 Å². The molecule has 0 radical (unpaired) electrons. The monoisotopic (exact) mass is 306 g/mol. The van der Waals surface area contributed by atoms with Crippen LogP contribution >= 0.6 is 0 Å². The quantitative estimate of drug-likeness (QED) is 0.762. The number of carbonyl (C=O) groups excluding carboxylic acids is 1. The van der Waals surface area contributed by atoms with Crippen molar-refractivity contribution in [3.05, 3.63) is 23.8 Å². The number of hydrogen-bond acceptors (Lipinski definition) is 4. The second-order valence-electron chi connectivity index (χ2n) is 4.23. The standard InChI is InChI=1S/C12H16F2N2O3S/c1-7(5-19-2)16-11(17)6-20(18)12-9(13)3-8(15)4-10(12)14/h3-4,7H,5-6,15H2,1-2H3,(H,16,17). The number of amides is 1. The van der Waals surface area contributed by atoms with Gasteiger partial charge < -0.3 is 15.8 Å². The van der Waals surface area contributed by atoms with E-state index in [1.54, 1.807) is 6.92 Å². The molecular formula is C12H16F2N2O3S. The van der Waals surface area contributed by atoms with Crippen LogP contribution in [-0.2, 0) is 20.3 Å². The summed E-state index contributed by atoms with van der Waals surface area (Å²) >= 11 is 0. The maximum atomic E-state index is 13.5. The zero-order chi connectivity index (χ0) is 15.3. The number of methoxy groups -OCH3 is 1. The van der Waals surface area contributed by atoms with E-state index in [-0.39, 0.29) is 18.3 Å². The number of carbonyl (C=O) groups is 1. The Labute approximate surface area is 117 Å². The molecule has 0 aliphatic heterocycles. The SMILES string of the molecule is COCC(C)NC(=O)CS(=O)c1c(F)cc(N)cc1F. The minimum absolute atomic E-state index is 0.112. The second kappa shape index (κ2) is 7.30. The number of ether oxygens (including phenoxy) is 1. The van der Waals surface area contributed by atoms with Gasteiger partial charge in [-0.1, -0.05) is 0 Å². The number of benzene rings is 1. The molecule has 112 valence electrons. The molecule has 1 aromatic rings. The van der Waals surface area contributed by atoms with Gasteiger partial charge in [0.1, 0.15) is 22.3 Å². The molecule has 0 heterocycles. The summed E-state index contributed by atoms with van der Waals surface area (Å²) < 4.78 is 43.7. The van der Waals surface area contributed by atoms with Crippen molar-refractivity contribution in [1.82, 2.24) is 5.32 Å². The van der Waals surface area contributed by atoms with E-state index in [4.69, 9.17) is 10.5 Å². The van der Waals surface area contributed by atoms with Crippen LogP contribution in [0.25, 0.3) is 0 Å². The van der Waals surface area contributed by atoms with Gasteiger partial charge in [0.05, 0.1) is 17.4 Å². The first-order chi connectivity index (χ1) is 9.35. The van der Waals surface area contributed by atoms with Crippen LogP contribution in [0.4, 0.5) is 14.5 Å². The fourth-order valence-electron chi connectivity index (χ4n) is 1.60. The number of nitrogen functional groups attached to an aromatic ring is 1. The van der Waals surface area contributed by atoms with E-state index in [0.717, 1.165) is 12.1 Å². The minimum Gasteiger partial charge on any atom is -0.399 e. The van der Waals surface area contributed by atoms with E-state index >= 15 is 0 Å². The fourth-order valence-corrected chi connectivity index (χ4v) is 2.62. The Morgan fingerprint density at radius 3 is 2.50 bits per heavy atom. The van der Waals surface area contributed by atoms with Crippen molar-refractivity contribution in [1.29, 1.82) is 0 Å². The molecule has 0 aromatic heterocycles. The molecule has 1 aromatic carbocycles. The molecule has 0 saturated heterocycles. The topological polar surface area (TPSA) is 81.4 Å². The molecule has 1 rings (SSSR count). The number of nitrogens with one attached hydrogen (secondary N) is 1. The zero-order valence-electron chi connectivity index (χ0n) is 11.1. The third kappa shape index (κ3) is 4.53. The fraction of sp³-hybridized carbons (Fsp3) is 0.417. The Morgan fingerprint density at radius 2 is 2.00 bits per heavy atom. The number of halogens is 2. The number of rotatable bonds is 6. The van der Waals surface area contributed by atoms with Crippen LogP contribution < -0.4 is 11.1 Å². The van der Waals surface area contributed by atoms with Gasteiger partial charge in [-0.05, 0) is 19.1 Å². The van der Waals surface area contributed by atoms with Gasteiger partial charge in [-0.2, -0.15) is 0 Å². The predicted molar refractivity (Wildman–Crippen MR) is 71.5 cm³/mol. The van der Waals surface area contributed by atoms with Crippen molar-refractivity contribution in [2.24, 2.45) is 0 Å². The first-order valence-electron chi connectivity index (χ1n) is 5.76. The van der Waals surface area contributed by atoms with Gasteiger partial charge in [-0.15, -0.1) is 0 Å². The van der Waals surface area contributed by atoms with Crippen LogP contribution in [0.3, 0.4) is 0 Å². The highest BCUT2D eigenvalue weighted by molar-refractivity contribution is 7.85. The Kier molecular flexibility index (Phi) is 6.03. The predicted octanol–water partition coefficient (Wildman–Crippen LogP) is 0.806. The van der Waals surface area contributed by atoms with Crippen LogP contribution in [0.5, 0.6) is 0 Å². The summed E-state index contributed by atoms with van der Waals surface area (Å²) in [5.74, 6) is -3.17. The minimum atomic E-state index is -2.12. The first kappa shape index (κ1) is 16.5. The van der Waals surface area contributed by atoms with E-state index < -0.39 is 39.0 Å². The third-order valence-electron chi connectivity index (χ3n) is 2.33. The number of hydrogen-bond donors (Lipinski definition) is 2. The van der Waals surface area contributed by atoms with E-state index in [2.05, 4.69) is 5.32 Å². The van der Waals surface area contributed by atoms with E-state index in [9.17, 15) is 17.8 Å². The first-order valence-corrected chi connectivity index (χ1v) is 7.08. The summed E-state index contributed by atoms with van der Waals surface area (Å²) in [7, 11) is -0.652. The molecule has 1 amide bonds. The molecule has 0 bridgehead atoms. The lowest BCUT2D eigenvalue weighted by Gasteiger charge is -2.12. The summed E-state index contributed by atoms with van der Waals surface area (Å²) in [6.07, 6.45) is 0. The highest BCUT2D eigenvalue weighted by Crippen LogP contribution is 2.20. The maximum Gasteiger partial charge on any atom is 0.233 e. The summed E-state index contributed by atoms with van der Waals surface area (Å²) in [6.45, 7) is 1.97. The van der Waals surface area contributed by atoms with Crippen molar-refractivity contribution in [2.75, 3.05) is 25.2 Å². The molecule has 0 saturated carbocycles. The normalized spacial score (nSPS) is 13.8. The van der Waals surface area contributed by atoms with E-state index in [1.165, 1.54) is 7.11 Å². The molecule has 3 N–H and O–H groups in total. The molecular weight excluding hydrogens is 290 g/mol. The summed E-state index contributed by atoms with van der Waals surface area (Å²) in [6, 6.07) is 1.44. The molecule has 8 heteroatoms. The maximum absolute atomic E-state index is 13.5. The lowest BCUT2D eigenvalue weighted by Crippen LogP contribution is -2.38. The Hall–Kier alpha value is -1.54. The van der Waals surface area contributed by atoms with Gasteiger partial charge in [0.2, 0.25) is 5.91 Å². The lowest BCUT2D eigenvalue weighted by molar-refractivity contribution is -0.119. The van der Waals surface area contributed by atoms with E-state index in [1.807, 2.05) is 0 Å². The Bertz CT molecular complexity index is 502. The molecule has 0 aliphatic rings. The third-order valence-corrected chi connectivity index (χ3v) is 3.70. The molecule has 2 unspecified atom stereocenters. The second-order valence-corrected chi connectivity index (χ2v) is 5.62. The highest BCUT2D eigenvalue weighted by atomic mass is 32.2. The van der Waals surface area contributed by atoms with Crippen molar-refractivity contribution in [3.8, 4) is 0 Å². The van der Waals surface area contributed by atoms with Gasteiger partial charge in [0, 0.05) is 18.8 Å². The van der Waals surface area contributed by atoms with Crippen molar-refractivity contribution < 1.29 is 22.5 Å². The summed E-state index contributed by atoms with van der Waals surface area (Å²) in [5, 5.41) is 2.51. The molecule has 2 atom stereocenters. The summed E-state index contributed by atoms with van der Waals surface area (Å²) in [5.41, 5.74) is 5.14. The van der Waals surface area contributed by atoms with Gasteiger partial charge in [-0.3, -0.25) is 9.00 Å². The highest BCUT2D eigenvalue weighted by Gasteiger charge is 2.20. The average Bonchev–Trinajstić information content (AvgIpc) is 2.26. The van der Waals surface area contributed by atoms with Crippen LogP contribution in [0.1, 0.15) is 6.92 Å². The molecule has 20 heavy (non-hydrogen) atoms. The Morgan fingerprint density at radius 1 is 1.45 bits per heavy atom. The van der Waals surface area contributed by atoms with Gasteiger partial charge in [0.15, 0.2) is 0 Å².